The van der Waals surface area contributed by atoms with Crippen molar-refractivity contribution >= 4 is 18.4 Å². The van der Waals surface area contributed by atoms with Gasteiger partial charge in [-0.15, -0.1) is 12.4 Å². The summed E-state index contributed by atoms with van der Waals surface area (Å²) in [4.78, 5) is 10.3. The minimum Gasteiger partial charge on any atom is -0.481 e. The van der Waals surface area contributed by atoms with Gasteiger partial charge in [0.1, 0.15) is 0 Å². The van der Waals surface area contributed by atoms with Gasteiger partial charge in [-0.2, -0.15) is 0 Å². The highest BCUT2D eigenvalue weighted by molar-refractivity contribution is 5.85. The molecule has 0 amide bonds. The van der Waals surface area contributed by atoms with E-state index in [-0.39, 0.29) is 24.4 Å². The molecule has 0 bridgehead atoms. The molecule has 0 radical (unpaired) electrons. The van der Waals surface area contributed by atoms with Crippen LogP contribution in [-0.4, -0.2) is 17.1 Å². The highest BCUT2D eigenvalue weighted by Gasteiger charge is 2.26. The molecular weight excluding hydrogens is 154 g/mol. The number of aliphatic carboxylic acids is 1. The Balaban J connectivity index is 0.000000810. The van der Waals surface area contributed by atoms with E-state index in [4.69, 9.17) is 10.8 Å². The van der Waals surface area contributed by atoms with Gasteiger partial charge in [0.15, 0.2) is 0 Å². The lowest BCUT2D eigenvalue weighted by Crippen LogP contribution is -2.17. The van der Waals surface area contributed by atoms with E-state index in [0.717, 1.165) is 12.8 Å². The van der Waals surface area contributed by atoms with Crippen molar-refractivity contribution in [3.05, 3.63) is 0 Å². The molecule has 3 N–H and O–H groups in total. The first-order chi connectivity index (χ1) is 4.20. The van der Waals surface area contributed by atoms with Crippen LogP contribution in [0.4, 0.5) is 0 Å². The number of hydrogen-bond donors (Lipinski definition) is 2. The summed E-state index contributed by atoms with van der Waals surface area (Å²) in [5.74, 6) is -0.858. The van der Waals surface area contributed by atoms with Crippen LogP contribution in [0.25, 0.3) is 0 Å². The van der Waals surface area contributed by atoms with Crippen LogP contribution >= 0.6 is 12.4 Å². The van der Waals surface area contributed by atoms with Crippen molar-refractivity contribution in [1.29, 1.82) is 0 Å². The largest absolute Gasteiger partial charge is 0.481 e. The van der Waals surface area contributed by atoms with Gasteiger partial charge in [0.2, 0.25) is 0 Å². The molecule has 0 aliphatic heterocycles. The Labute approximate surface area is 66.0 Å². The van der Waals surface area contributed by atoms with Gasteiger partial charge in [-0.05, 0) is 19.3 Å². The molecule has 0 aromatic rings. The van der Waals surface area contributed by atoms with Crippen molar-refractivity contribution < 1.29 is 9.90 Å². The number of carboxylic acids is 1. The van der Waals surface area contributed by atoms with Gasteiger partial charge in [0, 0.05) is 6.04 Å². The van der Waals surface area contributed by atoms with Crippen molar-refractivity contribution in [3.8, 4) is 0 Å². The summed E-state index contributed by atoms with van der Waals surface area (Å²) in [5, 5.41) is 8.48. The fraction of sp³-hybridized carbons (Fsp3) is 0.833. The van der Waals surface area contributed by atoms with Crippen molar-refractivity contribution in [2.45, 2.75) is 25.3 Å². The number of rotatable bonds is 1. The van der Waals surface area contributed by atoms with E-state index in [9.17, 15) is 4.79 Å². The van der Waals surface area contributed by atoms with Gasteiger partial charge in [-0.25, -0.2) is 0 Å². The fourth-order valence-electron chi connectivity index (χ4n) is 1.24. The predicted molar refractivity (Wildman–Crippen MR) is 40.2 cm³/mol. The average Bonchev–Trinajstić information content (AvgIpc) is 2.14. The van der Waals surface area contributed by atoms with Crippen LogP contribution in [0.5, 0.6) is 0 Å². The molecule has 60 valence electrons. The molecule has 0 unspecified atom stereocenters. The highest BCUT2D eigenvalue weighted by atomic mass is 35.5. The summed E-state index contributed by atoms with van der Waals surface area (Å²) >= 11 is 0. The van der Waals surface area contributed by atoms with E-state index in [1.54, 1.807) is 0 Å². The molecule has 1 rings (SSSR count). The van der Waals surface area contributed by atoms with Crippen molar-refractivity contribution in [2.75, 3.05) is 0 Å². The lowest BCUT2D eigenvalue weighted by molar-refractivity contribution is -0.141. The van der Waals surface area contributed by atoms with Crippen LogP contribution in [0.2, 0.25) is 0 Å². The summed E-state index contributed by atoms with van der Waals surface area (Å²) in [6.45, 7) is 0. The maximum absolute atomic E-state index is 10.3. The van der Waals surface area contributed by atoms with Crippen LogP contribution in [0.15, 0.2) is 0 Å². The minimum absolute atomic E-state index is 0. The van der Waals surface area contributed by atoms with E-state index in [2.05, 4.69) is 0 Å². The SMILES string of the molecule is Cl.N[C@H]1CC[C@H](C(=O)O)C1. The van der Waals surface area contributed by atoms with E-state index < -0.39 is 5.97 Å². The Morgan fingerprint density at radius 2 is 2.10 bits per heavy atom. The van der Waals surface area contributed by atoms with Crippen molar-refractivity contribution in [3.63, 3.8) is 0 Å². The number of hydrogen-bond acceptors (Lipinski definition) is 2. The average molecular weight is 166 g/mol. The molecule has 1 saturated carbocycles. The van der Waals surface area contributed by atoms with Crippen LogP contribution < -0.4 is 5.73 Å². The molecule has 1 fully saturated rings. The third-order valence-electron chi connectivity index (χ3n) is 1.82. The molecule has 10 heavy (non-hydrogen) atoms. The van der Waals surface area contributed by atoms with Gasteiger partial charge in [-0.1, -0.05) is 0 Å². The topological polar surface area (TPSA) is 63.3 Å². The third-order valence-corrected chi connectivity index (χ3v) is 1.82. The monoisotopic (exact) mass is 165 g/mol. The summed E-state index contributed by atoms with van der Waals surface area (Å²) in [6, 6.07) is 0.131. The second-order valence-electron chi connectivity index (χ2n) is 2.61. The molecule has 3 nitrogen and oxygen atoms in total. The van der Waals surface area contributed by atoms with Crippen LogP contribution in [0.3, 0.4) is 0 Å². The van der Waals surface area contributed by atoms with Gasteiger partial charge < -0.3 is 10.8 Å². The molecule has 0 heterocycles. The number of halogens is 1. The molecule has 4 heteroatoms. The van der Waals surface area contributed by atoms with E-state index >= 15 is 0 Å². The molecule has 0 aromatic carbocycles. The van der Waals surface area contributed by atoms with E-state index in [0.29, 0.717) is 6.42 Å². The van der Waals surface area contributed by atoms with Crippen molar-refractivity contribution in [2.24, 2.45) is 11.7 Å². The normalized spacial score (nSPS) is 31.3. The zero-order valence-corrected chi connectivity index (χ0v) is 6.43. The highest BCUT2D eigenvalue weighted by Crippen LogP contribution is 2.23. The molecule has 2 atom stereocenters. The Morgan fingerprint density at radius 1 is 1.50 bits per heavy atom. The third kappa shape index (κ3) is 2.15. The molecule has 0 spiro atoms. The Hall–Kier alpha value is -0.280. The molecule has 0 aromatic heterocycles. The number of carboxylic acid groups (broad SMARTS) is 1. The lowest BCUT2D eigenvalue weighted by Gasteiger charge is -1.99. The maximum atomic E-state index is 10.3. The fourth-order valence-corrected chi connectivity index (χ4v) is 1.24. The molecular formula is C6H12ClNO2. The van der Waals surface area contributed by atoms with Crippen LogP contribution in [0.1, 0.15) is 19.3 Å². The maximum Gasteiger partial charge on any atom is 0.306 e. The second-order valence-corrected chi connectivity index (χ2v) is 2.61. The number of carbonyl (C=O) groups is 1. The van der Waals surface area contributed by atoms with E-state index in [1.165, 1.54) is 0 Å². The summed E-state index contributed by atoms with van der Waals surface area (Å²) in [5.41, 5.74) is 5.50. The van der Waals surface area contributed by atoms with Crippen LogP contribution in [-0.2, 0) is 4.79 Å². The predicted octanol–water partition coefficient (Wildman–Crippen LogP) is 0.620. The van der Waals surface area contributed by atoms with Crippen LogP contribution in [0, 0.1) is 5.92 Å². The lowest BCUT2D eigenvalue weighted by atomic mass is 10.1. The summed E-state index contributed by atoms with van der Waals surface area (Å²) in [7, 11) is 0. The smallest absolute Gasteiger partial charge is 0.306 e. The minimum atomic E-state index is -0.692. The Kier molecular flexibility index (Phi) is 3.68. The first kappa shape index (κ1) is 9.72. The first-order valence-electron chi connectivity index (χ1n) is 3.18. The van der Waals surface area contributed by atoms with Gasteiger partial charge in [0.05, 0.1) is 5.92 Å². The standard InChI is InChI=1S/C6H11NO2.ClH/c7-5-2-1-4(3-5)6(8)9;/h4-5H,1-3,7H2,(H,8,9);1H/t4-,5-;/m0./s1. The summed E-state index contributed by atoms with van der Waals surface area (Å²) < 4.78 is 0. The molecule has 1 aliphatic carbocycles. The molecule has 0 saturated heterocycles. The number of nitrogens with two attached hydrogens (primary N) is 1. The molecule has 1 aliphatic rings. The Morgan fingerprint density at radius 3 is 2.30 bits per heavy atom. The van der Waals surface area contributed by atoms with Gasteiger partial charge in [0.25, 0.3) is 0 Å². The second kappa shape index (κ2) is 3.78. The van der Waals surface area contributed by atoms with Gasteiger partial charge in [-0.3, -0.25) is 4.79 Å². The van der Waals surface area contributed by atoms with Crippen molar-refractivity contribution in [1.82, 2.24) is 0 Å². The quantitative estimate of drug-likeness (QED) is 0.599. The first-order valence-corrected chi connectivity index (χ1v) is 3.18. The zero-order chi connectivity index (χ0) is 6.85. The van der Waals surface area contributed by atoms with Gasteiger partial charge >= 0.3 is 5.97 Å². The summed E-state index contributed by atoms with van der Waals surface area (Å²) in [6.07, 6.45) is 2.29. The Bertz CT molecular complexity index is 129. The van der Waals surface area contributed by atoms with E-state index in [1.807, 2.05) is 0 Å². The zero-order valence-electron chi connectivity index (χ0n) is 5.62.